The predicted octanol–water partition coefficient (Wildman–Crippen LogP) is -0.780. The van der Waals surface area contributed by atoms with E-state index in [-0.39, 0.29) is 0 Å². The Bertz CT molecular complexity index is 275. The topological polar surface area (TPSA) is 80.9 Å². The van der Waals surface area contributed by atoms with Gasteiger partial charge in [-0.2, -0.15) is 0 Å². The van der Waals surface area contributed by atoms with E-state index in [0.29, 0.717) is 5.56 Å². The van der Waals surface area contributed by atoms with Gasteiger partial charge in [-0.05, 0) is 5.56 Å². The Morgan fingerprint density at radius 2 is 1.71 bits per heavy atom. The molecule has 0 heterocycles. The van der Waals surface area contributed by atoms with Crippen molar-refractivity contribution in [3.8, 4) is 0 Å². The number of hydrogen-bond donors (Lipinski definition) is 4. The fourth-order valence-electron chi connectivity index (χ4n) is 1.27. The Hall–Kier alpha value is -0.940. The van der Waals surface area contributed by atoms with Crippen molar-refractivity contribution in [3.05, 3.63) is 35.9 Å². The van der Waals surface area contributed by atoms with Crippen LogP contribution in [0.4, 0.5) is 0 Å². The molecule has 0 amide bonds. The average molecular weight is 198 g/mol. The van der Waals surface area contributed by atoms with Crippen LogP contribution >= 0.6 is 0 Å². The van der Waals surface area contributed by atoms with Gasteiger partial charge < -0.3 is 20.4 Å². The molecule has 4 nitrogen and oxygen atoms in total. The quantitative estimate of drug-likeness (QED) is 0.511. The minimum Gasteiger partial charge on any atom is -0.394 e. The van der Waals surface area contributed by atoms with Crippen molar-refractivity contribution in [2.75, 3.05) is 13.2 Å². The van der Waals surface area contributed by atoms with E-state index in [1.165, 1.54) is 0 Å². The zero-order chi connectivity index (χ0) is 10.6. The molecule has 14 heavy (non-hydrogen) atoms. The van der Waals surface area contributed by atoms with Crippen molar-refractivity contribution in [2.24, 2.45) is 0 Å². The summed E-state index contributed by atoms with van der Waals surface area (Å²) in [5.74, 6) is 0. The average Bonchev–Trinajstić information content (AvgIpc) is 2.28. The highest BCUT2D eigenvalue weighted by Crippen LogP contribution is 2.24. The molecule has 4 heteroatoms. The largest absolute Gasteiger partial charge is 0.394 e. The van der Waals surface area contributed by atoms with Gasteiger partial charge in [-0.3, -0.25) is 0 Å². The monoisotopic (exact) mass is 198 g/mol. The lowest BCUT2D eigenvalue weighted by Gasteiger charge is -2.30. The zero-order valence-corrected chi connectivity index (χ0v) is 7.67. The van der Waals surface area contributed by atoms with Crippen molar-refractivity contribution < 1.29 is 20.4 Å². The third-order valence-corrected chi connectivity index (χ3v) is 2.24. The van der Waals surface area contributed by atoms with E-state index in [1.807, 2.05) is 0 Å². The van der Waals surface area contributed by atoms with E-state index in [4.69, 9.17) is 10.2 Å². The molecule has 78 valence electrons. The standard InChI is InChI=1S/C10H14O4/c11-6-9(13)10(14,7-12)8-4-2-1-3-5-8/h1-5,9,11-14H,6-7H2/t9-,10-/m1/s1. The summed E-state index contributed by atoms with van der Waals surface area (Å²) in [6, 6.07) is 8.27. The molecule has 0 unspecified atom stereocenters. The minimum atomic E-state index is -1.80. The van der Waals surface area contributed by atoms with E-state index in [1.54, 1.807) is 30.3 Å². The van der Waals surface area contributed by atoms with Crippen LogP contribution in [-0.4, -0.2) is 39.7 Å². The molecule has 0 aliphatic heterocycles. The number of hydrogen-bond acceptors (Lipinski definition) is 4. The molecule has 0 aliphatic rings. The fourth-order valence-corrected chi connectivity index (χ4v) is 1.27. The molecule has 4 N–H and O–H groups in total. The van der Waals surface area contributed by atoms with Crippen LogP contribution in [0.1, 0.15) is 5.56 Å². The number of aliphatic hydroxyl groups excluding tert-OH is 3. The highest BCUT2D eigenvalue weighted by atomic mass is 16.4. The Labute approximate surface area is 82.1 Å². The molecule has 1 aromatic carbocycles. The Morgan fingerprint density at radius 3 is 2.14 bits per heavy atom. The summed E-state index contributed by atoms with van der Waals surface area (Å²) < 4.78 is 0. The van der Waals surface area contributed by atoms with E-state index >= 15 is 0 Å². The molecule has 0 saturated carbocycles. The molecular weight excluding hydrogens is 184 g/mol. The van der Waals surface area contributed by atoms with Gasteiger partial charge in [0.25, 0.3) is 0 Å². The molecule has 0 fully saturated rings. The van der Waals surface area contributed by atoms with Gasteiger partial charge in [-0.25, -0.2) is 0 Å². The summed E-state index contributed by atoms with van der Waals surface area (Å²) in [6.45, 7) is -1.25. The molecule has 0 aromatic heterocycles. The second kappa shape index (κ2) is 4.52. The van der Waals surface area contributed by atoms with Crippen LogP contribution in [0, 0.1) is 0 Å². The highest BCUT2D eigenvalue weighted by Gasteiger charge is 2.36. The van der Waals surface area contributed by atoms with Crippen molar-refractivity contribution in [1.29, 1.82) is 0 Å². The van der Waals surface area contributed by atoms with Crippen molar-refractivity contribution in [2.45, 2.75) is 11.7 Å². The first-order chi connectivity index (χ1) is 6.65. The van der Waals surface area contributed by atoms with E-state index in [2.05, 4.69) is 0 Å². The molecule has 1 rings (SSSR count). The summed E-state index contributed by atoms with van der Waals surface area (Å²) >= 11 is 0. The van der Waals surface area contributed by atoms with E-state index in [9.17, 15) is 10.2 Å². The summed E-state index contributed by atoms with van der Waals surface area (Å²) in [6.07, 6.45) is -1.39. The summed E-state index contributed by atoms with van der Waals surface area (Å²) in [7, 11) is 0. The summed E-state index contributed by atoms with van der Waals surface area (Å²) in [4.78, 5) is 0. The highest BCUT2D eigenvalue weighted by molar-refractivity contribution is 5.23. The summed E-state index contributed by atoms with van der Waals surface area (Å²) in [5.41, 5.74) is -1.42. The van der Waals surface area contributed by atoms with Crippen LogP contribution in [0.3, 0.4) is 0 Å². The number of rotatable bonds is 4. The maximum Gasteiger partial charge on any atom is 0.141 e. The lowest BCUT2D eigenvalue weighted by atomic mass is 9.89. The van der Waals surface area contributed by atoms with Gasteiger partial charge in [0.15, 0.2) is 0 Å². The van der Waals surface area contributed by atoms with Gasteiger partial charge in [0.05, 0.1) is 13.2 Å². The van der Waals surface area contributed by atoms with Gasteiger partial charge >= 0.3 is 0 Å². The Morgan fingerprint density at radius 1 is 1.14 bits per heavy atom. The first-order valence-electron chi connectivity index (χ1n) is 4.33. The predicted molar refractivity (Wildman–Crippen MR) is 50.5 cm³/mol. The SMILES string of the molecule is OC[C@@H](O)[C@@](O)(CO)c1ccccc1. The van der Waals surface area contributed by atoms with E-state index < -0.39 is 24.9 Å². The van der Waals surface area contributed by atoms with Gasteiger partial charge in [0.2, 0.25) is 0 Å². The lowest BCUT2D eigenvalue weighted by molar-refractivity contribution is -0.126. The second-order valence-corrected chi connectivity index (χ2v) is 3.15. The molecule has 0 spiro atoms. The normalized spacial score (nSPS) is 17.4. The molecule has 0 radical (unpaired) electrons. The van der Waals surface area contributed by atoms with E-state index in [0.717, 1.165) is 0 Å². The first kappa shape index (κ1) is 11.1. The van der Waals surface area contributed by atoms with Crippen LogP contribution in [0.5, 0.6) is 0 Å². The molecule has 0 aliphatic carbocycles. The van der Waals surface area contributed by atoms with Gasteiger partial charge in [-0.15, -0.1) is 0 Å². The summed E-state index contributed by atoms with van der Waals surface area (Å²) in [5, 5.41) is 37.0. The Kier molecular flexibility index (Phi) is 3.60. The van der Waals surface area contributed by atoms with Gasteiger partial charge in [0.1, 0.15) is 11.7 Å². The first-order valence-corrected chi connectivity index (χ1v) is 4.33. The third-order valence-electron chi connectivity index (χ3n) is 2.24. The molecule has 0 saturated heterocycles. The van der Waals surface area contributed by atoms with Crippen LogP contribution in [-0.2, 0) is 5.60 Å². The fraction of sp³-hybridized carbons (Fsp3) is 0.400. The molecule has 0 bridgehead atoms. The van der Waals surface area contributed by atoms with Crippen LogP contribution in [0.25, 0.3) is 0 Å². The maximum atomic E-state index is 9.90. The molecular formula is C10H14O4. The maximum absolute atomic E-state index is 9.90. The minimum absolute atomic E-state index is 0.379. The van der Waals surface area contributed by atoms with Crippen LogP contribution in [0.15, 0.2) is 30.3 Å². The van der Waals surface area contributed by atoms with Crippen molar-refractivity contribution >= 4 is 0 Å². The smallest absolute Gasteiger partial charge is 0.141 e. The van der Waals surface area contributed by atoms with Crippen LogP contribution < -0.4 is 0 Å². The molecule has 2 atom stereocenters. The van der Waals surface area contributed by atoms with Crippen molar-refractivity contribution in [1.82, 2.24) is 0 Å². The van der Waals surface area contributed by atoms with Crippen LogP contribution in [0.2, 0.25) is 0 Å². The van der Waals surface area contributed by atoms with Gasteiger partial charge in [-0.1, -0.05) is 30.3 Å². The zero-order valence-electron chi connectivity index (χ0n) is 7.67. The number of benzene rings is 1. The second-order valence-electron chi connectivity index (χ2n) is 3.15. The number of aliphatic hydroxyl groups is 4. The van der Waals surface area contributed by atoms with Gasteiger partial charge in [0, 0.05) is 0 Å². The van der Waals surface area contributed by atoms with Crippen molar-refractivity contribution in [3.63, 3.8) is 0 Å². The Balaban J connectivity index is 3.01. The molecule has 1 aromatic rings. The lowest BCUT2D eigenvalue weighted by Crippen LogP contribution is -2.44. The third kappa shape index (κ3) is 1.93.